The van der Waals surface area contributed by atoms with Crippen molar-refractivity contribution < 1.29 is 9.59 Å². The number of thiazole rings is 1. The first-order valence-corrected chi connectivity index (χ1v) is 10.1. The first-order valence-electron chi connectivity index (χ1n) is 8.45. The molecule has 1 unspecified atom stereocenters. The average molecular weight is 434 g/mol. The number of halogens is 2. The van der Waals surface area contributed by atoms with Crippen LogP contribution in [-0.2, 0) is 9.59 Å². The van der Waals surface area contributed by atoms with Crippen LogP contribution in [0.2, 0.25) is 10.0 Å². The Labute approximate surface area is 176 Å². The van der Waals surface area contributed by atoms with Gasteiger partial charge in [-0.2, -0.15) is 0 Å². The van der Waals surface area contributed by atoms with Crippen molar-refractivity contribution in [1.82, 2.24) is 10.3 Å². The molecule has 2 amide bonds. The molecule has 0 aliphatic carbocycles. The van der Waals surface area contributed by atoms with Crippen LogP contribution < -0.4 is 10.6 Å². The van der Waals surface area contributed by atoms with E-state index in [0.717, 1.165) is 11.1 Å². The summed E-state index contributed by atoms with van der Waals surface area (Å²) < 4.78 is 0. The number of benzene rings is 2. The van der Waals surface area contributed by atoms with Gasteiger partial charge in [0.25, 0.3) is 0 Å². The van der Waals surface area contributed by atoms with Gasteiger partial charge in [-0.05, 0) is 23.8 Å². The molecule has 0 saturated heterocycles. The Hall–Kier alpha value is -2.41. The largest absolute Gasteiger partial charge is 0.349 e. The highest BCUT2D eigenvalue weighted by atomic mass is 35.5. The molecule has 1 heterocycles. The Kier molecular flexibility index (Phi) is 6.67. The molecule has 0 bridgehead atoms. The van der Waals surface area contributed by atoms with Crippen LogP contribution in [0.4, 0.5) is 5.13 Å². The molecule has 0 radical (unpaired) electrons. The minimum absolute atomic E-state index is 0.0716. The van der Waals surface area contributed by atoms with E-state index in [-0.39, 0.29) is 18.2 Å². The molecule has 2 N–H and O–H groups in total. The predicted molar refractivity (Wildman–Crippen MR) is 114 cm³/mol. The Morgan fingerprint density at radius 3 is 2.50 bits per heavy atom. The summed E-state index contributed by atoms with van der Waals surface area (Å²) in [6.45, 7) is 1.41. The lowest BCUT2D eigenvalue weighted by atomic mass is 10.0. The summed E-state index contributed by atoms with van der Waals surface area (Å²) in [5, 5.41) is 9.07. The van der Waals surface area contributed by atoms with Crippen LogP contribution in [0.1, 0.15) is 24.9 Å². The van der Waals surface area contributed by atoms with Gasteiger partial charge in [0.05, 0.1) is 18.2 Å². The van der Waals surface area contributed by atoms with E-state index in [0.29, 0.717) is 20.9 Å². The van der Waals surface area contributed by atoms with E-state index >= 15 is 0 Å². The van der Waals surface area contributed by atoms with Crippen molar-refractivity contribution in [3.8, 4) is 11.3 Å². The van der Waals surface area contributed by atoms with Gasteiger partial charge in [0.2, 0.25) is 11.8 Å². The maximum absolute atomic E-state index is 12.5. The third-order valence-electron chi connectivity index (χ3n) is 3.94. The van der Waals surface area contributed by atoms with E-state index in [9.17, 15) is 9.59 Å². The molecule has 0 aliphatic rings. The van der Waals surface area contributed by atoms with Crippen molar-refractivity contribution in [1.29, 1.82) is 0 Å². The van der Waals surface area contributed by atoms with Gasteiger partial charge in [0.1, 0.15) is 0 Å². The van der Waals surface area contributed by atoms with Crippen LogP contribution in [0.3, 0.4) is 0 Å². The fraction of sp³-hybridized carbons (Fsp3) is 0.150. The zero-order valence-corrected chi connectivity index (χ0v) is 17.2. The van der Waals surface area contributed by atoms with Gasteiger partial charge in [0.15, 0.2) is 5.13 Å². The lowest BCUT2D eigenvalue weighted by Crippen LogP contribution is -2.29. The molecule has 3 aromatic rings. The second-order valence-corrected chi connectivity index (χ2v) is 7.78. The lowest BCUT2D eigenvalue weighted by molar-refractivity contribution is -0.120. The highest BCUT2D eigenvalue weighted by Crippen LogP contribution is 2.30. The predicted octanol–water partition coefficient (Wildman–Crippen LogP) is 5.32. The second-order valence-electron chi connectivity index (χ2n) is 6.07. The van der Waals surface area contributed by atoms with Gasteiger partial charge in [-0.3, -0.25) is 9.59 Å². The highest BCUT2D eigenvalue weighted by molar-refractivity contribution is 7.14. The standard InChI is InChI=1S/C20H17Cl2N3O2S/c1-12(26)23-17(13-6-8-14(21)9-7-13)10-19(27)25-20-24-18(11-28-20)15-4-2-3-5-16(15)22/h2-9,11,17H,10H2,1H3,(H,23,26)(H,24,25,27). The fourth-order valence-corrected chi connectivity index (χ4v) is 3.76. The van der Waals surface area contributed by atoms with E-state index in [2.05, 4.69) is 15.6 Å². The first kappa shape index (κ1) is 20.3. The highest BCUT2D eigenvalue weighted by Gasteiger charge is 2.18. The van der Waals surface area contributed by atoms with Crippen molar-refractivity contribution in [2.24, 2.45) is 0 Å². The van der Waals surface area contributed by atoms with Crippen molar-refractivity contribution in [3.05, 3.63) is 69.5 Å². The molecule has 8 heteroatoms. The Morgan fingerprint density at radius 1 is 1.11 bits per heavy atom. The zero-order chi connectivity index (χ0) is 20.1. The van der Waals surface area contributed by atoms with Crippen LogP contribution in [0.5, 0.6) is 0 Å². The van der Waals surface area contributed by atoms with Crippen LogP contribution >= 0.6 is 34.5 Å². The Balaban J connectivity index is 1.70. The van der Waals surface area contributed by atoms with E-state index in [1.165, 1.54) is 18.3 Å². The number of carbonyl (C=O) groups is 2. The quantitative estimate of drug-likeness (QED) is 0.552. The molecule has 1 aromatic heterocycles. The van der Waals surface area contributed by atoms with Gasteiger partial charge in [-0.25, -0.2) is 4.98 Å². The molecule has 0 spiro atoms. The summed E-state index contributed by atoms with van der Waals surface area (Å²) in [6, 6.07) is 13.9. The summed E-state index contributed by atoms with van der Waals surface area (Å²) in [5.41, 5.74) is 2.30. The van der Waals surface area contributed by atoms with Crippen LogP contribution in [-0.4, -0.2) is 16.8 Å². The molecule has 2 aromatic carbocycles. The fourth-order valence-electron chi connectivity index (χ4n) is 2.67. The number of hydrogen-bond acceptors (Lipinski definition) is 4. The number of anilines is 1. The van der Waals surface area contributed by atoms with Gasteiger partial charge >= 0.3 is 0 Å². The summed E-state index contributed by atoms with van der Waals surface area (Å²) in [4.78, 5) is 28.5. The number of aromatic nitrogens is 1. The van der Waals surface area contributed by atoms with Crippen LogP contribution in [0.15, 0.2) is 53.9 Å². The average Bonchev–Trinajstić information content (AvgIpc) is 3.10. The summed E-state index contributed by atoms with van der Waals surface area (Å²) in [7, 11) is 0. The maximum Gasteiger partial charge on any atom is 0.228 e. The van der Waals surface area contributed by atoms with Gasteiger partial charge < -0.3 is 10.6 Å². The van der Waals surface area contributed by atoms with Gasteiger partial charge in [0, 0.05) is 27.9 Å². The zero-order valence-electron chi connectivity index (χ0n) is 14.9. The third kappa shape index (κ3) is 5.32. The maximum atomic E-state index is 12.5. The molecule has 1 atom stereocenters. The Morgan fingerprint density at radius 2 is 1.82 bits per heavy atom. The van der Waals surface area contributed by atoms with E-state index in [1.54, 1.807) is 30.3 Å². The molecule has 28 heavy (non-hydrogen) atoms. The number of hydrogen-bond donors (Lipinski definition) is 2. The Bertz CT molecular complexity index is 989. The minimum Gasteiger partial charge on any atom is -0.349 e. The number of carbonyl (C=O) groups excluding carboxylic acids is 2. The molecular weight excluding hydrogens is 417 g/mol. The van der Waals surface area contributed by atoms with Crippen molar-refractivity contribution in [2.75, 3.05) is 5.32 Å². The summed E-state index contributed by atoms with van der Waals surface area (Å²) in [6.07, 6.45) is 0.0716. The van der Waals surface area contributed by atoms with Crippen LogP contribution in [0.25, 0.3) is 11.3 Å². The normalized spacial score (nSPS) is 11.7. The van der Waals surface area contributed by atoms with Gasteiger partial charge in [-0.1, -0.05) is 53.5 Å². The number of nitrogens with one attached hydrogen (secondary N) is 2. The third-order valence-corrected chi connectivity index (χ3v) is 5.28. The van der Waals surface area contributed by atoms with Crippen molar-refractivity contribution in [3.63, 3.8) is 0 Å². The monoisotopic (exact) mass is 433 g/mol. The SMILES string of the molecule is CC(=O)NC(CC(=O)Nc1nc(-c2ccccc2Cl)cs1)c1ccc(Cl)cc1. The van der Waals surface area contributed by atoms with Gasteiger partial charge in [-0.15, -0.1) is 11.3 Å². The van der Waals surface area contributed by atoms with Crippen LogP contribution in [0, 0.1) is 0 Å². The van der Waals surface area contributed by atoms with Crippen molar-refractivity contribution in [2.45, 2.75) is 19.4 Å². The molecule has 0 saturated carbocycles. The van der Waals surface area contributed by atoms with E-state index in [4.69, 9.17) is 23.2 Å². The summed E-state index contributed by atoms with van der Waals surface area (Å²) in [5.74, 6) is -0.475. The number of rotatable bonds is 6. The molecule has 0 fully saturated rings. The minimum atomic E-state index is -0.460. The number of amides is 2. The molecule has 5 nitrogen and oxygen atoms in total. The first-order chi connectivity index (χ1) is 13.4. The molecular formula is C20H17Cl2N3O2S. The number of nitrogens with zero attached hydrogens (tertiary/aromatic N) is 1. The smallest absolute Gasteiger partial charge is 0.228 e. The lowest BCUT2D eigenvalue weighted by Gasteiger charge is -2.17. The van der Waals surface area contributed by atoms with Crippen molar-refractivity contribution >= 4 is 51.5 Å². The van der Waals surface area contributed by atoms with E-state index in [1.807, 2.05) is 23.6 Å². The molecule has 144 valence electrons. The summed E-state index contributed by atoms with van der Waals surface area (Å²) >= 11 is 13.4. The van der Waals surface area contributed by atoms with E-state index < -0.39 is 6.04 Å². The molecule has 3 rings (SSSR count). The second kappa shape index (κ2) is 9.19. The topological polar surface area (TPSA) is 71.1 Å². The molecule has 0 aliphatic heterocycles.